The smallest absolute Gasteiger partial charge is 0.139 e. The molecule has 1 aromatic heterocycles. The number of nitrogens with two attached hydrogens (primary N) is 1. The van der Waals surface area contributed by atoms with Crippen LogP contribution >= 0.6 is 11.6 Å². The minimum Gasteiger partial charge on any atom is -0.495 e. The zero-order chi connectivity index (χ0) is 11.0. The van der Waals surface area contributed by atoms with Crippen LogP contribution in [0.4, 0.5) is 5.82 Å². The van der Waals surface area contributed by atoms with Gasteiger partial charge in [-0.3, -0.25) is 0 Å². The van der Waals surface area contributed by atoms with Crippen LogP contribution in [0, 0.1) is 6.92 Å². The highest BCUT2D eigenvalue weighted by Crippen LogP contribution is 2.30. The SMILES string of the molecule is COc1cc2nc(N)c(C)cc2cc1Cl. The third-order valence-electron chi connectivity index (χ3n) is 2.32. The summed E-state index contributed by atoms with van der Waals surface area (Å²) in [6.07, 6.45) is 0. The molecule has 2 N–H and O–H groups in total. The standard InChI is InChI=1S/C11H11ClN2O/c1-6-3-7-4-8(12)10(15-2)5-9(7)14-11(6)13/h3-5H,1-2H3,(H2,13,14). The van der Waals surface area contributed by atoms with Gasteiger partial charge in [0.15, 0.2) is 0 Å². The van der Waals surface area contributed by atoms with Crippen LogP contribution in [0.2, 0.25) is 5.02 Å². The number of halogens is 1. The predicted molar refractivity (Wildman–Crippen MR) is 62.5 cm³/mol. The Morgan fingerprint density at radius 2 is 2.07 bits per heavy atom. The molecule has 0 saturated heterocycles. The van der Waals surface area contributed by atoms with Gasteiger partial charge < -0.3 is 10.5 Å². The summed E-state index contributed by atoms with van der Waals surface area (Å²) < 4.78 is 5.11. The number of fused-ring (bicyclic) bond motifs is 1. The van der Waals surface area contributed by atoms with Crippen molar-refractivity contribution >= 4 is 28.3 Å². The first-order valence-corrected chi connectivity index (χ1v) is 4.90. The number of hydrogen-bond acceptors (Lipinski definition) is 3. The normalized spacial score (nSPS) is 10.6. The molecule has 1 aromatic carbocycles. The number of pyridine rings is 1. The zero-order valence-corrected chi connectivity index (χ0v) is 9.30. The number of benzene rings is 1. The first-order chi connectivity index (χ1) is 7.11. The first kappa shape index (κ1) is 10.1. The van der Waals surface area contributed by atoms with Crippen molar-refractivity contribution in [1.29, 1.82) is 0 Å². The minimum absolute atomic E-state index is 0.534. The monoisotopic (exact) mass is 222 g/mol. The van der Waals surface area contributed by atoms with E-state index < -0.39 is 0 Å². The number of hydrogen-bond donors (Lipinski definition) is 1. The molecule has 0 aliphatic carbocycles. The van der Waals surface area contributed by atoms with Crippen molar-refractivity contribution in [2.75, 3.05) is 12.8 Å². The molecule has 0 atom stereocenters. The van der Waals surface area contributed by atoms with Gasteiger partial charge in [-0.2, -0.15) is 0 Å². The van der Waals surface area contributed by atoms with Gasteiger partial charge in [0.2, 0.25) is 0 Å². The van der Waals surface area contributed by atoms with Crippen molar-refractivity contribution < 1.29 is 4.74 Å². The third-order valence-corrected chi connectivity index (χ3v) is 2.61. The van der Waals surface area contributed by atoms with Crippen molar-refractivity contribution in [3.8, 4) is 5.75 Å². The molecule has 3 nitrogen and oxygen atoms in total. The second-order valence-corrected chi connectivity index (χ2v) is 3.78. The maximum Gasteiger partial charge on any atom is 0.139 e. The fourth-order valence-corrected chi connectivity index (χ4v) is 1.70. The Morgan fingerprint density at radius 1 is 1.33 bits per heavy atom. The van der Waals surface area contributed by atoms with Gasteiger partial charge in [-0.15, -0.1) is 0 Å². The van der Waals surface area contributed by atoms with Gasteiger partial charge >= 0.3 is 0 Å². The van der Waals surface area contributed by atoms with E-state index in [4.69, 9.17) is 22.1 Å². The molecule has 0 saturated carbocycles. The van der Waals surface area contributed by atoms with Crippen LogP contribution in [0.15, 0.2) is 18.2 Å². The minimum atomic E-state index is 0.534. The third kappa shape index (κ3) is 1.70. The first-order valence-electron chi connectivity index (χ1n) is 4.52. The summed E-state index contributed by atoms with van der Waals surface area (Å²) >= 11 is 6.01. The molecule has 0 unspecified atom stereocenters. The van der Waals surface area contributed by atoms with Gasteiger partial charge in [0.05, 0.1) is 17.6 Å². The summed E-state index contributed by atoms with van der Waals surface area (Å²) in [5, 5.41) is 1.54. The lowest BCUT2D eigenvalue weighted by molar-refractivity contribution is 0.415. The zero-order valence-electron chi connectivity index (χ0n) is 8.54. The van der Waals surface area contributed by atoms with Gasteiger partial charge in [0.25, 0.3) is 0 Å². The molecule has 78 valence electrons. The molecular weight excluding hydrogens is 212 g/mol. The summed E-state index contributed by atoms with van der Waals surface area (Å²) in [5.74, 6) is 1.15. The Morgan fingerprint density at radius 3 is 2.73 bits per heavy atom. The molecule has 4 heteroatoms. The Bertz CT molecular complexity index is 525. The highest BCUT2D eigenvalue weighted by Gasteiger charge is 2.06. The second kappa shape index (κ2) is 3.59. The topological polar surface area (TPSA) is 48.1 Å². The van der Waals surface area contributed by atoms with E-state index in [-0.39, 0.29) is 0 Å². The van der Waals surface area contributed by atoms with Crippen LogP contribution in [-0.4, -0.2) is 12.1 Å². The van der Waals surface area contributed by atoms with Crippen molar-refractivity contribution in [2.45, 2.75) is 6.92 Å². The Kier molecular flexibility index (Phi) is 2.40. The van der Waals surface area contributed by atoms with E-state index in [2.05, 4.69) is 4.98 Å². The average Bonchev–Trinajstić information content (AvgIpc) is 2.20. The van der Waals surface area contributed by atoms with Gasteiger partial charge in [-0.1, -0.05) is 11.6 Å². The maximum atomic E-state index is 6.01. The summed E-state index contributed by atoms with van der Waals surface area (Å²) in [7, 11) is 1.57. The molecule has 2 rings (SSSR count). The van der Waals surface area contributed by atoms with Crippen molar-refractivity contribution in [2.24, 2.45) is 0 Å². The number of methoxy groups -OCH3 is 1. The largest absolute Gasteiger partial charge is 0.495 e. The number of nitrogen functional groups attached to an aromatic ring is 1. The van der Waals surface area contributed by atoms with Crippen molar-refractivity contribution in [3.05, 3.63) is 28.8 Å². The molecule has 0 amide bonds. The number of ether oxygens (including phenoxy) is 1. The number of aromatic nitrogens is 1. The fourth-order valence-electron chi connectivity index (χ4n) is 1.45. The lowest BCUT2D eigenvalue weighted by Gasteiger charge is -2.06. The lowest BCUT2D eigenvalue weighted by Crippen LogP contribution is -1.95. The molecule has 1 heterocycles. The molecule has 0 aliphatic rings. The van der Waals surface area contributed by atoms with E-state index in [1.807, 2.05) is 19.1 Å². The van der Waals surface area contributed by atoms with E-state index in [0.29, 0.717) is 16.6 Å². The van der Waals surface area contributed by atoms with Crippen LogP contribution in [0.1, 0.15) is 5.56 Å². The Hall–Kier alpha value is -1.48. The van der Waals surface area contributed by atoms with Crippen LogP contribution in [0.25, 0.3) is 10.9 Å². The molecule has 0 aliphatic heterocycles. The van der Waals surface area contributed by atoms with E-state index >= 15 is 0 Å². The molecule has 0 radical (unpaired) electrons. The second-order valence-electron chi connectivity index (χ2n) is 3.37. The average molecular weight is 223 g/mol. The summed E-state index contributed by atoms with van der Waals surface area (Å²) in [6, 6.07) is 5.58. The molecule has 0 spiro atoms. The molecule has 15 heavy (non-hydrogen) atoms. The van der Waals surface area contributed by atoms with Crippen LogP contribution in [-0.2, 0) is 0 Å². The Labute approximate surface area is 92.8 Å². The van der Waals surface area contributed by atoms with Crippen LogP contribution in [0.5, 0.6) is 5.75 Å². The summed E-state index contributed by atoms with van der Waals surface area (Å²) in [5.41, 5.74) is 7.47. The van der Waals surface area contributed by atoms with Gasteiger partial charge in [0, 0.05) is 11.5 Å². The highest BCUT2D eigenvalue weighted by molar-refractivity contribution is 6.32. The van der Waals surface area contributed by atoms with Gasteiger partial charge in [-0.25, -0.2) is 4.98 Å². The van der Waals surface area contributed by atoms with Crippen LogP contribution in [0.3, 0.4) is 0 Å². The van der Waals surface area contributed by atoms with E-state index in [1.165, 1.54) is 0 Å². The molecular formula is C11H11ClN2O. The fraction of sp³-hybridized carbons (Fsp3) is 0.182. The predicted octanol–water partition coefficient (Wildman–Crippen LogP) is 2.79. The Balaban J connectivity index is 2.76. The number of rotatable bonds is 1. The highest BCUT2D eigenvalue weighted by atomic mass is 35.5. The number of nitrogens with zero attached hydrogens (tertiary/aromatic N) is 1. The summed E-state index contributed by atoms with van der Waals surface area (Å²) in [4.78, 5) is 4.26. The maximum absolute atomic E-state index is 6.01. The van der Waals surface area contributed by atoms with Gasteiger partial charge in [-0.05, 0) is 24.6 Å². The van der Waals surface area contributed by atoms with E-state index in [0.717, 1.165) is 16.5 Å². The van der Waals surface area contributed by atoms with E-state index in [9.17, 15) is 0 Å². The van der Waals surface area contributed by atoms with Gasteiger partial charge in [0.1, 0.15) is 11.6 Å². The summed E-state index contributed by atoms with van der Waals surface area (Å²) in [6.45, 7) is 1.92. The van der Waals surface area contributed by atoms with Crippen molar-refractivity contribution in [3.63, 3.8) is 0 Å². The number of anilines is 1. The molecule has 0 fully saturated rings. The lowest BCUT2D eigenvalue weighted by atomic mass is 10.1. The quantitative estimate of drug-likeness (QED) is 0.807. The van der Waals surface area contributed by atoms with Crippen molar-refractivity contribution in [1.82, 2.24) is 4.98 Å². The number of aryl methyl sites for hydroxylation is 1. The molecule has 0 bridgehead atoms. The van der Waals surface area contributed by atoms with E-state index in [1.54, 1.807) is 13.2 Å². The molecule has 2 aromatic rings. The van der Waals surface area contributed by atoms with Crippen LogP contribution < -0.4 is 10.5 Å².